The van der Waals surface area contributed by atoms with Gasteiger partial charge in [0.15, 0.2) is 6.29 Å². The number of nitrogens with zero attached hydrogens (tertiary/aromatic N) is 1. The van der Waals surface area contributed by atoms with Crippen LogP contribution in [0, 0.1) is 0 Å². The summed E-state index contributed by atoms with van der Waals surface area (Å²) in [6.07, 6.45) is 0.0150. The molecule has 0 aliphatic rings. The van der Waals surface area contributed by atoms with E-state index in [2.05, 4.69) is 11.3 Å². The minimum absolute atomic E-state index is 0.101. The summed E-state index contributed by atoms with van der Waals surface area (Å²) >= 11 is 0. The Balaban J connectivity index is 3.84. The van der Waals surface area contributed by atoms with Gasteiger partial charge in [-0.1, -0.05) is 6.58 Å². The second kappa shape index (κ2) is 9.12. The standard InChI is InChI=1S/C12H19NO6/c1-4-13(3)9(2)12(17)19-8-7-18-11(16)6-5-10(14)15/h5-6,10,14-15H,2,4,7-8H2,1,3H3/b6-5-. The first-order valence-corrected chi connectivity index (χ1v) is 5.66. The maximum atomic E-state index is 11.4. The Labute approximate surface area is 111 Å². The van der Waals surface area contributed by atoms with Gasteiger partial charge in [-0.05, 0) is 13.0 Å². The van der Waals surface area contributed by atoms with E-state index in [0.717, 1.165) is 12.2 Å². The fourth-order valence-electron chi connectivity index (χ4n) is 0.919. The Morgan fingerprint density at radius 3 is 2.42 bits per heavy atom. The van der Waals surface area contributed by atoms with E-state index in [1.807, 2.05) is 6.92 Å². The number of aliphatic hydroxyl groups is 2. The third-order valence-corrected chi connectivity index (χ3v) is 2.14. The average Bonchev–Trinajstić information content (AvgIpc) is 2.39. The van der Waals surface area contributed by atoms with Crippen LogP contribution in [0.2, 0.25) is 0 Å². The van der Waals surface area contributed by atoms with Gasteiger partial charge in [-0.2, -0.15) is 0 Å². The maximum absolute atomic E-state index is 11.4. The van der Waals surface area contributed by atoms with Gasteiger partial charge in [-0.25, -0.2) is 9.59 Å². The monoisotopic (exact) mass is 273 g/mol. The highest BCUT2D eigenvalue weighted by molar-refractivity contribution is 5.87. The van der Waals surface area contributed by atoms with Crippen molar-refractivity contribution in [3.05, 3.63) is 24.4 Å². The van der Waals surface area contributed by atoms with Gasteiger partial charge in [-0.3, -0.25) is 0 Å². The van der Waals surface area contributed by atoms with Crippen molar-refractivity contribution in [1.82, 2.24) is 4.90 Å². The zero-order valence-corrected chi connectivity index (χ0v) is 11.0. The third kappa shape index (κ3) is 7.96. The van der Waals surface area contributed by atoms with Crippen molar-refractivity contribution < 1.29 is 29.3 Å². The molecule has 7 heteroatoms. The normalized spacial score (nSPS) is 10.6. The zero-order valence-electron chi connectivity index (χ0n) is 11.0. The number of hydrogen-bond donors (Lipinski definition) is 2. The lowest BCUT2D eigenvalue weighted by Gasteiger charge is -2.17. The number of aliphatic hydroxyl groups excluding tert-OH is 1. The third-order valence-electron chi connectivity index (χ3n) is 2.14. The lowest BCUT2D eigenvalue weighted by Crippen LogP contribution is -2.25. The lowest BCUT2D eigenvalue weighted by atomic mass is 10.4. The molecule has 0 aliphatic carbocycles. The van der Waals surface area contributed by atoms with Crippen LogP contribution in [0.25, 0.3) is 0 Å². The summed E-state index contributed by atoms with van der Waals surface area (Å²) in [6.45, 7) is 5.82. The Hall–Kier alpha value is -1.86. The SMILES string of the molecule is C=C(C(=O)OCCOC(=O)/C=C\C(O)O)N(C)CC. The summed E-state index contributed by atoms with van der Waals surface area (Å²) < 4.78 is 9.46. The quantitative estimate of drug-likeness (QED) is 0.264. The molecule has 0 aromatic rings. The topological polar surface area (TPSA) is 96.3 Å². The van der Waals surface area contributed by atoms with Gasteiger partial charge >= 0.3 is 11.9 Å². The van der Waals surface area contributed by atoms with E-state index in [1.54, 1.807) is 11.9 Å². The summed E-state index contributed by atoms with van der Waals surface area (Å²) in [5.41, 5.74) is 0.220. The van der Waals surface area contributed by atoms with Crippen molar-refractivity contribution in [1.29, 1.82) is 0 Å². The molecule has 0 amide bonds. The minimum Gasteiger partial charge on any atom is -0.459 e. The molecule has 0 saturated heterocycles. The molecule has 7 nitrogen and oxygen atoms in total. The maximum Gasteiger partial charge on any atom is 0.354 e. The molecule has 0 spiro atoms. The molecular formula is C12H19NO6. The molecule has 0 aromatic heterocycles. The molecular weight excluding hydrogens is 254 g/mol. The van der Waals surface area contributed by atoms with Crippen LogP contribution >= 0.6 is 0 Å². The highest BCUT2D eigenvalue weighted by Gasteiger charge is 2.11. The predicted molar refractivity (Wildman–Crippen MR) is 66.7 cm³/mol. The van der Waals surface area contributed by atoms with Gasteiger partial charge in [0.05, 0.1) is 0 Å². The Kier molecular flexibility index (Phi) is 8.23. The van der Waals surface area contributed by atoms with Crippen molar-refractivity contribution in [3.63, 3.8) is 0 Å². The molecule has 0 heterocycles. The first-order chi connectivity index (χ1) is 8.88. The fourth-order valence-corrected chi connectivity index (χ4v) is 0.919. The van der Waals surface area contributed by atoms with Gasteiger partial charge in [0.1, 0.15) is 18.9 Å². The molecule has 0 rings (SSSR count). The van der Waals surface area contributed by atoms with Crippen molar-refractivity contribution in [2.45, 2.75) is 13.2 Å². The number of ether oxygens (including phenoxy) is 2. The van der Waals surface area contributed by atoms with Crippen molar-refractivity contribution in [2.75, 3.05) is 26.8 Å². The summed E-state index contributed by atoms with van der Waals surface area (Å²) in [6, 6.07) is 0. The molecule has 0 unspecified atom stereocenters. The van der Waals surface area contributed by atoms with E-state index in [1.165, 1.54) is 0 Å². The van der Waals surface area contributed by atoms with Crippen molar-refractivity contribution in [3.8, 4) is 0 Å². The van der Waals surface area contributed by atoms with E-state index in [4.69, 9.17) is 14.9 Å². The number of rotatable bonds is 8. The van der Waals surface area contributed by atoms with E-state index in [-0.39, 0.29) is 18.9 Å². The lowest BCUT2D eigenvalue weighted by molar-refractivity contribution is -0.147. The van der Waals surface area contributed by atoms with Crippen LogP contribution in [0.15, 0.2) is 24.4 Å². The van der Waals surface area contributed by atoms with Crippen LogP contribution in [0.5, 0.6) is 0 Å². The van der Waals surface area contributed by atoms with Gasteiger partial charge in [0, 0.05) is 19.7 Å². The molecule has 0 fully saturated rings. The predicted octanol–water partition coefficient (Wildman–Crippen LogP) is -0.595. The Bertz CT molecular complexity index is 350. The number of hydrogen-bond acceptors (Lipinski definition) is 7. The smallest absolute Gasteiger partial charge is 0.354 e. The van der Waals surface area contributed by atoms with Crippen LogP contribution in [0.4, 0.5) is 0 Å². The average molecular weight is 273 g/mol. The van der Waals surface area contributed by atoms with Crippen molar-refractivity contribution >= 4 is 11.9 Å². The Morgan fingerprint density at radius 2 is 1.89 bits per heavy atom. The second-order valence-corrected chi connectivity index (χ2v) is 3.54. The van der Waals surface area contributed by atoms with Gasteiger partial charge in [0.25, 0.3) is 0 Å². The summed E-state index contributed by atoms with van der Waals surface area (Å²) in [5.74, 6) is -1.34. The summed E-state index contributed by atoms with van der Waals surface area (Å²) in [4.78, 5) is 24.0. The largest absolute Gasteiger partial charge is 0.459 e. The van der Waals surface area contributed by atoms with Crippen LogP contribution in [0.3, 0.4) is 0 Å². The highest BCUT2D eigenvalue weighted by Crippen LogP contribution is 2.00. The number of carbonyl (C=O) groups is 2. The minimum atomic E-state index is -1.71. The van der Waals surface area contributed by atoms with Crippen LogP contribution in [-0.2, 0) is 19.1 Å². The van der Waals surface area contributed by atoms with Crippen LogP contribution in [0.1, 0.15) is 6.92 Å². The summed E-state index contributed by atoms with van der Waals surface area (Å²) in [7, 11) is 1.70. The van der Waals surface area contributed by atoms with Gasteiger partial charge in [-0.15, -0.1) is 0 Å². The number of likely N-dealkylation sites (N-methyl/N-ethyl adjacent to an activating group) is 1. The zero-order chi connectivity index (χ0) is 14.8. The molecule has 0 saturated carbocycles. The first kappa shape index (κ1) is 17.1. The summed E-state index contributed by atoms with van der Waals surface area (Å²) in [5, 5.41) is 16.9. The molecule has 0 aromatic carbocycles. The molecule has 0 atom stereocenters. The van der Waals surface area contributed by atoms with Gasteiger partial charge < -0.3 is 24.6 Å². The molecule has 19 heavy (non-hydrogen) atoms. The molecule has 0 bridgehead atoms. The van der Waals surface area contributed by atoms with Crippen LogP contribution in [-0.4, -0.2) is 60.1 Å². The fraction of sp³-hybridized carbons (Fsp3) is 0.500. The van der Waals surface area contributed by atoms with E-state index >= 15 is 0 Å². The molecule has 0 radical (unpaired) electrons. The van der Waals surface area contributed by atoms with E-state index in [0.29, 0.717) is 6.54 Å². The molecule has 108 valence electrons. The number of carbonyl (C=O) groups excluding carboxylic acids is 2. The molecule has 0 aliphatic heterocycles. The first-order valence-electron chi connectivity index (χ1n) is 5.66. The Morgan fingerprint density at radius 1 is 1.32 bits per heavy atom. The molecule has 2 N–H and O–H groups in total. The van der Waals surface area contributed by atoms with Gasteiger partial charge in [0.2, 0.25) is 0 Å². The highest BCUT2D eigenvalue weighted by atomic mass is 16.6. The van der Waals surface area contributed by atoms with Crippen molar-refractivity contribution in [2.24, 2.45) is 0 Å². The van der Waals surface area contributed by atoms with E-state index in [9.17, 15) is 9.59 Å². The van der Waals surface area contributed by atoms with Crippen LogP contribution < -0.4 is 0 Å². The second-order valence-electron chi connectivity index (χ2n) is 3.54. The van der Waals surface area contributed by atoms with E-state index < -0.39 is 18.2 Å². The number of esters is 2.